The van der Waals surface area contributed by atoms with Gasteiger partial charge in [-0.1, -0.05) is 39.5 Å². The van der Waals surface area contributed by atoms with E-state index in [4.69, 9.17) is 9.47 Å². The molecule has 2 saturated carbocycles. The van der Waals surface area contributed by atoms with E-state index < -0.39 is 0 Å². The smallest absolute Gasteiger partial charge is 0.0704 e. The average molecular weight is 297 g/mol. The van der Waals surface area contributed by atoms with Crippen molar-refractivity contribution in [1.82, 2.24) is 5.32 Å². The second-order valence-electron chi connectivity index (χ2n) is 6.86. The zero-order chi connectivity index (χ0) is 15.0. The van der Waals surface area contributed by atoms with E-state index in [1.165, 1.54) is 51.4 Å². The predicted molar refractivity (Wildman–Crippen MR) is 87.7 cm³/mol. The van der Waals surface area contributed by atoms with Gasteiger partial charge in [-0.2, -0.15) is 0 Å². The lowest BCUT2D eigenvalue weighted by atomic mass is 9.55. The van der Waals surface area contributed by atoms with Crippen LogP contribution in [0.25, 0.3) is 0 Å². The summed E-state index contributed by atoms with van der Waals surface area (Å²) in [7, 11) is 0. The van der Waals surface area contributed by atoms with Crippen LogP contribution in [-0.4, -0.2) is 38.5 Å². The molecule has 0 radical (unpaired) electrons. The quantitative estimate of drug-likeness (QED) is 0.620. The van der Waals surface area contributed by atoms with Crippen LogP contribution in [0.5, 0.6) is 0 Å². The summed E-state index contributed by atoms with van der Waals surface area (Å²) in [5.41, 5.74) is 0.441. The van der Waals surface area contributed by atoms with E-state index in [2.05, 4.69) is 19.2 Å². The van der Waals surface area contributed by atoms with Gasteiger partial charge in [0.05, 0.1) is 19.3 Å². The van der Waals surface area contributed by atoms with E-state index in [0.29, 0.717) is 17.6 Å². The maximum atomic E-state index is 6.20. The fourth-order valence-corrected chi connectivity index (χ4v) is 4.06. The Hall–Kier alpha value is -0.120. The maximum Gasteiger partial charge on any atom is 0.0704 e. The van der Waals surface area contributed by atoms with Crippen LogP contribution in [0, 0.1) is 5.41 Å². The Labute approximate surface area is 131 Å². The molecule has 3 heteroatoms. The molecule has 0 aliphatic heterocycles. The van der Waals surface area contributed by atoms with Gasteiger partial charge in [0.1, 0.15) is 0 Å². The van der Waals surface area contributed by atoms with E-state index in [1.807, 2.05) is 0 Å². The highest BCUT2D eigenvalue weighted by Gasteiger charge is 2.55. The molecular weight excluding hydrogens is 262 g/mol. The Morgan fingerprint density at radius 2 is 1.81 bits per heavy atom. The van der Waals surface area contributed by atoms with Gasteiger partial charge in [0.15, 0.2) is 0 Å². The SMILES string of the molecule is CCCCOCCOC1CC(NCCC)C12CCCCC2. The summed E-state index contributed by atoms with van der Waals surface area (Å²) in [5.74, 6) is 0. The molecule has 2 atom stereocenters. The zero-order valence-corrected chi connectivity index (χ0v) is 14.2. The first kappa shape index (κ1) is 17.2. The van der Waals surface area contributed by atoms with Gasteiger partial charge in [-0.25, -0.2) is 0 Å². The molecule has 2 fully saturated rings. The molecule has 2 unspecified atom stereocenters. The molecule has 1 N–H and O–H groups in total. The van der Waals surface area contributed by atoms with Crippen molar-refractivity contribution < 1.29 is 9.47 Å². The Morgan fingerprint density at radius 1 is 1.00 bits per heavy atom. The van der Waals surface area contributed by atoms with Crippen molar-refractivity contribution in [3.05, 3.63) is 0 Å². The van der Waals surface area contributed by atoms with Crippen LogP contribution in [0.4, 0.5) is 0 Å². The molecule has 2 rings (SSSR count). The summed E-state index contributed by atoms with van der Waals surface area (Å²) in [6.45, 7) is 8.03. The minimum atomic E-state index is 0.441. The highest BCUT2D eigenvalue weighted by molar-refractivity contribution is 5.08. The van der Waals surface area contributed by atoms with Crippen molar-refractivity contribution in [3.63, 3.8) is 0 Å². The van der Waals surface area contributed by atoms with Crippen LogP contribution in [0.3, 0.4) is 0 Å². The third kappa shape index (κ3) is 4.43. The van der Waals surface area contributed by atoms with Crippen molar-refractivity contribution in [2.24, 2.45) is 5.41 Å². The Bertz CT molecular complexity index is 276. The van der Waals surface area contributed by atoms with E-state index in [0.717, 1.165) is 32.8 Å². The second-order valence-corrected chi connectivity index (χ2v) is 6.86. The van der Waals surface area contributed by atoms with Crippen LogP contribution < -0.4 is 5.32 Å². The highest BCUT2D eigenvalue weighted by atomic mass is 16.5. The molecular formula is C18H35NO2. The summed E-state index contributed by atoms with van der Waals surface area (Å²) in [6.07, 6.45) is 12.2. The predicted octanol–water partition coefficient (Wildman–Crippen LogP) is 3.91. The van der Waals surface area contributed by atoms with E-state index >= 15 is 0 Å². The van der Waals surface area contributed by atoms with Crippen molar-refractivity contribution in [2.45, 2.75) is 83.8 Å². The first-order chi connectivity index (χ1) is 10.3. The largest absolute Gasteiger partial charge is 0.379 e. The molecule has 2 aliphatic carbocycles. The number of hydrogen-bond donors (Lipinski definition) is 1. The molecule has 0 amide bonds. The van der Waals surface area contributed by atoms with Gasteiger partial charge in [0.2, 0.25) is 0 Å². The molecule has 0 heterocycles. The Morgan fingerprint density at radius 3 is 2.52 bits per heavy atom. The summed E-state index contributed by atoms with van der Waals surface area (Å²) in [6, 6.07) is 0.698. The number of ether oxygens (including phenoxy) is 2. The molecule has 3 nitrogen and oxygen atoms in total. The molecule has 0 bridgehead atoms. The third-order valence-corrected chi connectivity index (χ3v) is 5.40. The molecule has 2 aliphatic rings. The average Bonchev–Trinajstić information content (AvgIpc) is 2.53. The summed E-state index contributed by atoms with van der Waals surface area (Å²) in [5, 5.41) is 3.77. The van der Waals surface area contributed by atoms with Crippen molar-refractivity contribution in [1.29, 1.82) is 0 Å². The number of unbranched alkanes of at least 4 members (excludes halogenated alkanes) is 1. The number of rotatable bonds is 10. The molecule has 0 saturated heterocycles. The van der Waals surface area contributed by atoms with Crippen LogP contribution in [0.1, 0.15) is 71.6 Å². The monoisotopic (exact) mass is 297 g/mol. The van der Waals surface area contributed by atoms with Gasteiger partial charge in [-0.15, -0.1) is 0 Å². The molecule has 1 spiro atoms. The van der Waals surface area contributed by atoms with Gasteiger partial charge in [-0.05, 0) is 38.6 Å². The fourth-order valence-electron chi connectivity index (χ4n) is 4.06. The summed E-state index contributed by atoms with van der Waals surface area (Å²) in [4.78, 5) is 0. The molecule has 0 aromatic rings. The molecule has 0 aromatic heterocycles. The molecule has 0 aromatic carbocycles. The molecule has 124 valence electrons. The van der Waals surface area contributed by atoms with Gasteiger partial charge in [0, 0.05) is 18.1 Å². The minimum absolute atomic E-state index is 0.441. The third-order valence-electron chi connectivity index (χ3n) is 5.40. The standard InChI is InChI=1S/C18H35NO2/c1-3-5-12-20-13-14-21-17-15-16(19-11-4-2)18(17)9-7-6-8-10-18/h16-17,19H,3-15H2,1-2H3. The lowest BCUT2D eigenvalue weighted by Crippen LogP contribution is -2.64. The first-order valence-electron chi connectivity index (χ1n) is 9.26. The highest BCUT2D eigenvalue weighted by Crippen LogP contribution is 2.53. The topological polar surface area (TPSA) is 30.5 Å². The van der Waals surface area contributed by atoms with Crippen LogP contribution in [-0.2, 0) is 9.47 Å². The van der Waals surface area contributed by atoms with Crippen LogP contribution >= 0.6 is 0 Å². The van der Waals surface area contributed by atoms with Crippen molar-refractivity contribution in [3.8, 4) is 0 Å². The van der Waals surface area contributed by atoms with Gasteiger partial charge in [-0.3, -0.25) is 0 Å². The second kappa shape index (κ2) is 9.12. The zero-order valence-electron chi connectivity index (χ0n) is 14.2. The number of nitrogens with one attached hydrogen (secondary N) is 1. The normalized spacial score (nSPS) is 27.7. The molecule has 21 heavy (non-hydrogen) atoms. The van der Waals surface area contributed by atoms with E-state index in [9.17, 15) is 0 Å². The maximum absolute atomic E-state index is 6.20. The van der Waals surface area contributed by atoms with E-state index in [-0.39, 0.29) is 0 Å². The van der Waals surface area contributed by atoms with Gasteiger partial charge >= 0.3 is 0 Å². The van der Waals surface area contributed by atoms with Crippen LogP contribution in [0.2, 0.25) is 0 Å². The van der Waals surface area contributed by atoms with Gasteiger partial charge in [0.25, 0.3) is 0 Å². The Kier molecular flexibility index (Phi) is 7.48. The lowest BCUT2D eigenvalue weighted by molar-refractivity contribution is -0.159. The van der Waals surface area contributed by atoms with Crippen molar-refractivity contribution in [2.75, 3.05) is 26.4 Å². The van der Waals surface area contributed by atoms with E-state index in [1.54, 1.807) is 0 Å². The first-order valence-corrected chi connectivity index (χ1v) is 9.26. The lowest BCUT2D eigenvalue weighted by Gasteiger charge is -2.58. The van der Waals surface area contributed by atoms with Crippen LogP contribution in [0.15, 0.2) is 0 Å². The Balaban J connectivity index is 1.71. The summed E-state index contributed by atoms with van der Waals surface area (Å²) >= 11 is 0. The van der Waals surface area contributed by atoms with Gasteiger partial charge < -0.3 is 14.8 Å². The minimum Gasteiger partial charge on any atom is -0.379 e. The number of hydrogen-bond acceptors (Lipinski definition) is 3. The summed E-state index contributed by atoms with van der Waals surface area (Å²) < 4.78 is 11.8. The fraction of sp³-hybridized carbons (Fsp3) is 1.00. The van der Waals surface area contributed by atoms with Crippen molar-refractivity contribution >= 4 is 0 Å².